The SMILES string of the molecule is Oc1ccc(-c2cccc3c2Nc2ccccc2S3)cc1. The molecule has 0 amide bonds. The summed E-state index contributed by atoms with van der Waals surface area (Å²) in [5.74, 6) is 0.288. The fourth-order valence-corrected chi connectivity index (χ4v) is 3.56. The fourth-order valence-electron chi connectivity index (χ4n) is 2.54. The van der Waals surface area contributed by atoms with Crippen molar-refractivity contribution in [2.45, 2.75) is 9.79 Å². The minimum absolute atomic E-state index is 0.288. The van der Waals surface area contributed by atoms with E-state index in [0.29, 0.717) is 0 Å². The number of para-hydroxylation sites is 2. The number of phenols is 1. The topological polar surface area (TPSA) is 32.3 Å². The summed E-state index contributed by atoms with van der Waals surface area (Å²) in [6.07, 6.45) is 0. The Labute approximate surface area is 127 Å². The molecule has 4 rings (SSSR count). The molecule has 0 unspecified atom stereocenters. The first-order valence-corrected chi connectivity index (χ1v) is 7.59. The van der Waals surface area contributed by atoms with E-state index < -0.39 is 0 Å². The molecule has 0 saturated carbocycles. The van der Waals surface area contributed by atoms with E-state index in [1.807, 2.05) is 18.2 Å². The second-order valence-electron chi connectivity index (χ2n) is 4.95. The maximum atomic E-state index is 9.45. The van der Waals surface area contributed by atoms with Gasteiger partial charge in [0.05, 0.1) is 11.4 Å². The standard InChI is InChI=1S/C18H13NOS/c20-13-10-8-12(9-11-13)14-4-3-7-17-18(14)19-15-5-1-2-6-16(15)21-17/h1-11,19-20H. The molecular formula is C18H13NOS. The largest absolute Gasteiger partial charge is 0.508 e. The van der Waals surface area contributed by atoms with Crippen molar-refractivity contribution < 1.29 is 5.11 Å². The summed E-state index contributed by atoms with van der Waals surface area (Å²) < 4.78 is 0. The summed E-state index contributed by atoms with van der Waals surface area (Å²) >= 11 is 1.78. The lowest BCUT2D eigenvalue weighted by Crippen LogP contribution is -2.01. The maximum absolute atomic E-state index is 9.45. The van der Waals surface area contributed by atoms with Crippen LogP contribution in [-0.2, 0) is 0 Å². The van der Waals surface area contributed by atoms with Gasteiger partial charge in [0.2, 0.25) is 0 Å². The average molecular weight is 291 g/mol. The summed E-state index contributed by atoms with van der Waals surface area (Å²) in [6, 6.07) is 22.0. The number of rotatable bonds is 1. The highest BCUT2D eigenvalue weighted by molar-refractivity contribution is 7.99. The molecule has 1 aliphatic rings. The molecule has 0 aromatic heterocycles. The van der Waals surface area contributed by atoms with Crippen LogP contribution >= 0.6 is 11.8 Å². The van der Waals surface area contributed by atoms with Gasteiger partial charge in [0.15, 0.2) is 0 Å². The van der Waals surface area contributed by atoms with E-state index >= 15 is 0 Å². The lowest BCUT2D eigenvalue weighted by molar-refractivity contribution is 0.475. The van der Waals surface area contributed by atoms with Gasteiger partial charge in [0, 0.05) is 15.4 Å². The summed E-state index contributed by atoms with van der Waals surface area (Å²) in [5, 5.41) is 13.0. The van der Waals surface area contributed by atoms with Crippen LogP contribution in [0.1, 0.15) is 0 Å². The van der Waals surface area contributed by atoms with Crippen molar-refractivity contribution in [3.05, 3.63) is 66.7 Å². The van der Waals surface area contributed by atoms with Gasteiger partial charge < -0.3 is 10.4 Å². The fraction of sp³-hybridized carbons (Fsp3) is 0. The van der Waals surface area contributed by atoms with Crippen LogP contribution in [0.4, 0.5) is 11.4 Å². The highest BCUT2D eigenvalue weighted by Gasteiger charge is 2.18. The number of hydrogen-bond donors (Lipinski definition) is 2. The van der Waals surface area contributed by atoms with Crippen LogP contribution < -0.4 is 5.32 Å². The Balaban J connectivity index is 1.84. The molecule has 3 heteroatoms. The summed E-state index contributed by atoms with van der Waals surface area (Å²) in [4.78, 5) is 2.46. The summed E-state index contributed by atoms with van der Waals surface area (Å²) in [7, 11) is 0. The van der Waals surface area contributed by atoms with Crippen molar-refractivity contribution in [3.63, 3.8) is 0 Å². The second kappa shape index (κ2) is 4.86. The van der Waals surface area contributed by atoms with Gasteiger partial charge in [0.1, 0.15) is 5.75 Å². The number of aromatic hydroxyl groups is 1. The van der Waals surface area contributed by atoms with E-state index in [1.54, 1.807) is 23.9 Å². The predicted octanol–water partition coefficient (Wildman–Crippen LogP) is 5.27. The highest BCUT2D eigenvalue weighted by Crippen LogP contribution is 2.47. The molecule has 0 bridgehead atoms. The first-order chi connectivity index (χ1) is 10.3. The monoisotopic (exact) mass is 291 g/mol. The molecule has 0 radical (unpaired) electrons. The lowest BCUT2D eigenvalue weighted by Gasteiger charge is -2.23. The van der Waals surface area contributed by atoms with Crippen LogP contribution in [0.25, 0.3) is 11.1 Å². The minimum atomic E-state index is 0.288. The first kappa shape index (κ1) is 12.4. The Morgan fingerprint density at radius 1 is 0.762 bits per heavy atom. The predicted molar refractivity (Wildman–Crippen MR) is 87.4 cm³/mol. The minimum Gasteiger partial charge on any atom is -0.508 e. The molecule has 0 saturated heterocycles. The molecule has 0 fully saturated rings. The van der Waals surface area contributed by atoms with Crippen LogP contribution in [0.3, 0.4) is 0 Å². The molecule has 2 nitrogen and oxygen atoms in total. The Hall–Kier alpha value is -2.39. The summed E-state index contributed by atoms with van der Waals surface area (Å²) in [6.45, 7) is 0. The third kappa shape index (κ3) is 2.16. The smallest absolute Gasteiger partial charge is 0.115 e. The van der Waals surface area contributed by atoms with Crippen LogP contribution in [-0.4, -0.2) is 5.11 Å². The second-order valence-corrected chi connectivity index (χ2v) is 6.03. The number of phenolic OH excluding ortho intramolecular Hbond substituents is 1. The molecule has 3 aromatic carbocycles. The van der Waals surface area contributed by atoms with Gasteiger partial charge in [-0.1, -0.05) is 48.2 Å². The van der Waals surface area contributed by atoms with Crippen LogP contribution in [0.2, 0.25) is 0 Å². The van der Waals surface area contributed by atoms with Crippen molar-refractivity contribution >= 4 is 23.1 Å². The zero-order chi connectivity index (χ0) is 14.2. The number of nitrogens with one attached hydrogen (secondary N) is 1. The normalized spacial score (nSPS) is 12.2. The maximum Gasteiger partial charge on any atom is 0.115 e. The van der Waals surface area contributed by atoms with Gasteiger partial charge in [-0.15, -0.1) is 0 Å². The van der Waals surface area contributed by atoms with E-state index in [-0.39, 0.29) is 5.75 Å². The third-order valence-corrected chi connectivity index (χ3v) is 4.71. The van der Waals surface area contributed by atoms with Gasteiger partial charge in [-0.25, -0.2) is 0 Å². The molecule has 1 aliphatic heterocycles. The van der Waals surface area contributed by atoms with Gasteiger partial charge in [-0.2, -0.15) is 0 Å². The molecule has 1 heterocycles. The number of hydrogen-bond acceptors (Lipinski definition) is 3. The molecule has 21 heavy (non-hydrogen) atoms. The number of benzene rings is 3. The Morgan fingerprint density at radius 3 is 2.38 bits per heavy atom. The van der Waals surface area contributed by atoms with Crippen molar-refractivity contribution in [2.75, 3.05) is 5.32 Å². The van der Waals surface area contributed by atoms with Gasteiger partial charge in [-0.05, 0) is 35.9 Å². The Kier molecular flexibility index (Phi) is 2.86. The van der Waals surface area contributed by atoms with Crippen molar-refractivity contribution in [2.24, 2.45) is 0 Å². The van der Waals surface area contributed by atoms with E-state index in [2.05, 4.69) is 41.7 Å². The average Bonchev–Trinajstić information content (AvgIpc) is 2.53. The molecule has 0 atom stereocenters. The highest BCUT2D eigenvalue weighted by atomic mass is 32.2. The molecule has 102 valence electrons. The van der Waals surface area contributed by atoms with Crippen molar-refractivity contribution in [1.29, 1.82) is 0 Å². The first-order valence-electron chi connectivity index (χ1n) is 6.77. The van der Waals surface area contributed by atoms with Crippen molar-refractivity contribution in [3.8, 4) is 16.9 Å². The van der Waals surface area contributed by atoms with Crippen LogP contribution in [0.15, 0.2) is 76.5 Å². The Bertz CT molecular complexity index is 812. The van der Waals surface area contributed by atoms with Gasteiger partial charge in [-0.3, -0.25) is 0 Å². The molecule has 0 spiro atoms. The zero-order valence-electron chi connectivity index (χ0n) is 11.2. The van der Waals surface area contributed by atoms with E-state index in [9.17, 15) is 5.11 Å². The number of anilines is 2. The van der Waals surface area contributed by atoms with E-state index in [0.717, 1.165) is 22.5 Å². The lowest BCUT2D eigenvalue weighted by atomic mass is 10.0. The van der Waals surface area contributed by atoms with Gasteiger partial charge in [0.25, 0.3) is 0 Å². The van der Waals surface area contributed by atoms with Crippen LogP contribution in [0, 0.1) is 0 Å². The molecular weight excluding hydrogens is 278 g/mol. The molecule has 0 aliphatic carbocycles. The number of fused-ring (bicyclic) bond motifs is 2. The Morgan fingerprint density at radius 2 is 1.52 bits per heavy atom. The van der Waals surface area contributed by atoms with Crippen molar-refractivity contribution in [1.82, 2.24) is 0 Å². The van der Waals surface area contributed by atoms with Gasteiger partial charge >= 0.3 is 0 Å². The summed E-state index contributed by atoms with van der Waals surface area (Å²) in [5.41, 5.74) is 4.51. The van der Waals surface area contributed by atoms with Crippen LogP contribution in [0.5, 0.6) is 5.75 Å². The third-order valence-electron chi connectivity index (χ3n) is 3.57. The zero-order valence-corrected chi connectivity index (χ0v) is 12.0. The molecule has 3 aromatic rings. The molecule has 2 N–H and O–H groups in total. The quantitative estimate of drug-likeness (QED) is 0.501. The van der Waals surface area contributed by atoms with E-state index in [1.165, 1.54) is 9.79 Å². The van der Waals surface area contributed by atoms with E-state index in [4.69, 9.17) is 0 Å².